The molecular weight excluding hydrogens is 266 g/mol. The second-order valence-corrected chi connectivity index (χ2v) is 5.64. The summed E-state index contributed by atoms with van der Waals surface area (Å²) in [6, 6.07) is 15.0. The van der Waals surface area contributed by atoms with Crippen molar-refractivity contribution in [3.8, 4) is 0 Å². The van der Waals surface area contributed by atoms with Crippen molar-refractivity contribution in [1.29, 1.82) is 0 Å². The molecule has 3 N–H and O–H groups in total. The number of ether oxygens (including phenoxy) is 1. The average Bonchev–Trinajstić information content (AvgIpc) is 2.53. The van der Waals surface area contributed by atoms with Crippen LogP contribution in [0.1, 0.15) is 28.8 Å². The number of fused-ring (bicyclic) bond motifs is 6. The predicted molar refractivity (Wildman–Crippen MR) is 78.9 cm³/mol. The fourth-order valence-corrected chi connectivity index (χ4v) is 3.78. The van der Waals surface area contributed by atoms with Crippen molar-refractivity contribution in [2.45, 2.75) is 23.9 Å². The number of nitrogens with one attached hydrogen (secondary N) is 1. The second-order valence-electron chi connectivity index (χ2n) is 5.64. The van der Waals surface area contributed by atoms with Crippen LogP contribution in [0.15, 0.2) is 48.5 Å². The van der Waals surface area contributed by atoms with Gasteiger partial charge in [-0.3, -0.25) is 0 Å². The van der Waals surface area contributed by atoms with E-state index in [0.29, 0.717) is 0 Å². The summed E-state index contributed by atoms with van der Waals surface area (Å²) in [6.45, 7) is 0. The summed E-state index contributed by atoms with van der Waals surface area (Å²) in [5.74, 6) is 0. The lowest BCUT2D eigenvalue weighted by Gasteiger charge is -2.52. The van der Waals surface area contributed by atoms with Crippen LogP contribution in [0.4, 0.5) is 5.69 Å². The van der Waals surface area contributed by atoms with Gasteiger partial charge in [-0.2, -0.15) is 0 Å². The van der Waals surface area contributed by atoms with Crippen LogP contribution in [0, 0.1) is 0 Å². The van der Waals surface area contributed by atoms with Crippen LogP contribution in [0.2, 0.25) is 0 Å². The molecule has 4 rings (SSSR count). The summed E-state index contributed by atoms with van der Waals surface area (Å²) in [4.78, 5) is 0. The molecule has 0 saturated heterocycles. The zero-order chi connectivity index (χ0) is 14.6. The molecule has 4 atom stereocenters. The van der Waals surface area contributed by atoms with E-state index in [0.717, 1.165) is 22.4 Å². The Labute approximate surface area is 123 Å². The number of para-hydroxylation sites is 1. The number of methoxy groups -OCH3 is 1. The third kappa shape index (κ3) is 1.44. The molecule has 0 spiro atoms. The van der Waals surface area contributed by atoms with E-state index in [2.05, 4.69) is 5.32 Å². The van der Waals surface area contributed by atoms with Gasteiger partial charge in [0.1, 0.15) is 12.2 Å². The number of anilines is 1. The molecule has 2 bridgehead atoms. The monoisotopic (exact) mass is 283 g/mol. The highest BCUT2D eigenvalue weighted by molar-refractivity contribution is 5.63. The third-order valence-corrected chi connectivity index (χ3v) is 4.78. The highest BCUT2D eigenvalue weighted by Gasteiger charge is 2.58. The van der Waals surface area contributed by atoms with Gasteiger partial charge in [0.05, 0.1) is 6.04 Å². The van der Waals surface area contributed by atoms with Crippen molar-refractivity contribution >= 4 is 5.69 Å². The molecule has 21 heavy (non-hydrogen) atoms. The lowest BCUT2D eigenvalue weighted by molar-refractivity contribution is -0.191. The second kappa shape index (κ2) is 4.31. The van der Waals surface area contributed by atoms with Crippen molar-refractivity contribution in [3.63, 3.8) is 0 Å². The van der Waals surface area contributed by atoms with Gasteiger partial charge in [-0.05, 0) is 17.2 Å². The van der Waals surface area contributed by atoms with Gasteiger partial charge in [0, 0.05) is 18.4 Å². The van der Waals surface area contributed by atoms with Gasteiger partial charge >= 0.3 is 0 Å². The fraction of sp³-hybridized carbons (Fsp3) is 0.294. The number of hydrogen-bond acceptors (Lipinski definition) is 4. The first-order valence-corrected chi connectivity index (χ1v) is 7.06. The molecule has 2 aromatic carbocycles. The number of hydrogen-bond donors (Lipinski definition) is 3. The largest absolute Gasteiger partial charge is 0.387 e. The fourth-order valence-electron chi connectivity index (χ4n) is 3.78. The van der Waals surface area contributed by atoms with Crippen LogP contribution in [0.5, 0.6) is 0 Å². The Morgan fingerprint density at radius 2 is 1.67 bits per heavy atom. The zero-order valence-corrected chi connectivity index (χ0v) is 11.7. The Morgan fingerprint density at radius 1 is 1.00 bits per heavy atom. The van der Waals surface area contributed by atoms with Gasteiger partial charge in [-0.1, -0.05) is 42.5 Å². The molecule has 0 fully saturated rings. The topological polar surface area (TPSA) is 61.7 Å². The van der Waals surface area contributed by atoms with Crippen LogP contribution in [0.3, 0.4) is 0 Å². The molecule has 1 heterocycles. The van der Waals surface area contributed by atoms with E-state index in [1.54, 1.807) is 7.11 Å². The molecular formula is C17H17NO3. The van der Waals surface area contributed by atoms with Gasteiger partial charge in [0.15, 0.2) is 5.60 Å². The van der Waals surface area contributed by atoms with E-state index in [1.807, 2.05) is 48.5 Å². The number of aliphatic hydroxyl groups excluding tert-OH is 2. The zero-order valence-electron chi connectivity index (χ0n) is 11.7. The van der Waals surface area contributed by atoms with Gasteiger partial charge in [0.25, 0.3) is 0 Å². The molecule has 0 radical (unpaired) electrons. The molecule has 0 saturated carbocycles. The van der Waals surface area contributed by atoms with Crippen LogP contribution < -0.4 is 5.32 Å². The highest BCUT2D eigenvalue weighted by atomic mass is 16.5. The van der Waals surface area contributed by atoms with Crippen LogP contribution in [0.25, 0.3) is 0 Å². The minimum atomic E-state index is -1.14. The van der Waals surface area contributed by atoms with Crippen LogP contribution in [-0.4, -0.2) is 23.4 Å². The van der Waals surface area contributed by atoms with Crippen LogP contribution >= 0.6 is 0 Å². The van der Waals surface area contributed by atoms with E-state index < -0.39 is 17.8 Å². The molecule has 0 aromatic heterocycles. The van der Waals surface area contributed by atoms with Crippen molar-refractivity contribution in [2.24, 2.45) is 0 Å². The van der Waals surface area contributed by atoms with E-state index >= 15 is 0 Å². The standard InChI is InChI=1S/C17H17NO3/c1-21-17-12-8-4-5-9-13(12)18-14(16(17)20)10-6-2-3-7-11(10)15(17)19/h2-9,14-16,18-20H,1H3/t14-,15+,16+,17-/m0/s1. The van der Waals surface area contributed by atoms with E-state index in [-0.39, 0.29) is 6.04 Å². The molecule has 2 aromatic rings. The third-order valence-electron chi connectivity index (χ3n) is 4.78. The number of benzene rings is 2. The Balaban J connectivity index is 2.04. The molecule has 1 aliphatic carbocycles. The van der Waals surface area contributed by atoms with E-state index in [4.69, 9.17) is 4.74 Å². The minimum Gasteiger partial charge on any atom is -0.387 e. The summed E-state index contributed by atoms with van der Waals surface area (Å²) in [5, 5.41) is 25.2. The lowest BCUT2D eigenvalue weighted by atomic mass is 9.67. The molecule has 4 nitrogen and oxygen atoms in total. The number of rotatable bonds is 1. The first kappa shape index (κ1) is 12.8. The Hall–Kier alpha value is -1.88. The first-order valence-electron chi connectivity index (χ1n) is 7.06. The maximum absolute atomic E-state index is 10.9. The van der Waals surface area contributed by atoms with Crippen molar-refractivity contribution in [1.82, 2.24) is 0 Å². The normalized spacial score (nSPS) is 32.8. The van der Waals surface area contributed by atoms with Crippen LogP contribution in [-0.2, 0) is 10.3 Å². The van der Waals surface area contributed by atoms with Crippen molar-refractivity contribution in [2.75, 3.05) is 12.4 Å². The van der Waals surface area contributed by atoms with Gasteiger partial charge in [0.2, 0.25) is 0 Å². The minimum absolute atomic E-state index is 0.292. The SMILES string of the molecule is CO[C@@]12c3ccccc3N[C@@H](c3ccccc3[C@H]1O)[C@H]2O. The maximum atomic E-state index is 10.9. The molecule has 0 amide bonds. The summed E-state index contributed by atoms with van der Waals surface area (Å²) < 4.78 is 5.72. The first-order chi connectivity index (χ1) is 10.2. The number of aliphatic hydroxyl groups is 2. The molecule has 2 aliphatic rings. The highest BCUT2D eigenvalue weighted by Crippen LogP contribution is 2.56. The smallest absolute Gasteiger partial charge is 0.153 e. The van der Waals surface area contributed by atoms with E-state index in [1.165, 1.54) is 0 Å². The Kier molecular flexibility index (Phi) is 2.63. The Morgan fingerprint density at radius 3 is 2.43 bits per heavy atom. The average molecular weight is 283 g/mol. The van der Waals surface area contributed by atoms with E-state index in [9.17, 15) is 10.2 Å². The molecule has 0 unspecified atom stereocenters. The summed E-state index contributed by atoms with van der Waals surface area (Å²) in [6.07, 6.45) is -1.77. The van der Waals surface area contributed by atoms with Crippen molar-refractivity contribution < 1.29 is 14.9 Å². The predicted octanol–water partition coefficient (Wildman–Crippen LogP) is 2.10. The summed E-state index contributed by atoms with van der Waals surface area (Å²) in [5.41, 5.74) is 2.26. The maximum Gasteiger partial charge on any atom is 0.153 e. The van der Waals surface area contributed by atoms with Gasteiger partial charge in [-0.25, -0.2) is 0 Å². The van der Waals surface area contributed by atoms with Gasteiger partial charge in [-0.15, -0.1) is 0 Å². The van der Waals surface area contributed by atoms with Gasteiger partial charge < -0.3 is 20.3 Å². The van der Waals surface area contributed by atoms with Crippen molar-refractivity contribution in [3.05, 3.63) is 65.2 Å². The Bertz CT molecular complexity index is 702. The molecule has 1 aliphatic heterocycles. The quantitative estimate of drug-likeness (QED) is 0.750. The lowest BCUT2D eigenvalue weighted by Crippen LogP contribution is -2.57. The molecule has 108 valence electrons. The summed E-state index contributed by atoms with van der Waals surface area (Å²) in [7, 11) is 1.54. The summed E-state index contributed by atoms with van der Waals surface area (Å²) >= 11 is 0. The molecule has 4 heteroatoms.